The predicted octanol–water partition coefficient (Wildman–Crippen LogP) is 4.77. The zero-order chi connectivity index (χ0) is 23.1. The highest BCUT2D eigenvalue weighted by atomic mass is 19.1. The number of carbonyl (C=O) groups is 2. The van der Waals surface area contributed by atoms with Crippen molar-refractivity contribution in [2.75, 3.05) is 19.6 Å². The normalized spacial score (nSPS) is 11.2. The Balaban J connectivity index is 1.78. The summed E-state index contributed by atoms with van der Waals surface area (Å²) in [6.07, 6.45) is 3.46. The van der Waals surface area contributed by atoms with Crippen molar-refractivity contribution in [2.45, 2.75) is 40.2 Å². The lowest BCUT2D eigenvalue weighted by atomic mass is 10.1. The number of carbonyl (C=O) groups excluding carboxylic acids is 2. The number of benzene rings is 2. The number of aromatic nitrogens is 1. The third kappa shape index (κ3) is 5.96. The molecule has 2 aromatic carbocycles. The van der Waals surface area contributed by atoms with Crippen LogP contribution in [0, 0.1) is 11.7 Å². The summed E-state index contributed by atoms with van der Waals surface area (Å²) in [5.74, 6) is -0.580. The molecule has 0 fully saturated rings. The van der Waals surface area contributed by atoms with Crippen LogP contribution in [0.15, 0.2) is 54.7 Å². The molecule has 1 aromatic heterocycles. The number of fused-ring (bicyclic) bond motifs is 1. The van der Waals surface area contributed by atoms with Gasteiger partial charge in [0.15, 0.2) is 0 Å². The Morgan fingerprint density at radius 1 is 1.00 bits per heavy atom. The van der Waals surface area contributed by atoms with E-state index in [1.807, 2.05) is 45.2 Å². The van der Waals surface area contributed by atoms with Crippen LogP contribution < -0.4 is 0 Å². The summed E-state index contributed by atoms with van der Waals surface area (Å²) in [4.78, 5) is 32.6. The Kier molecular flexibility index (Phi) is 8.03. The van der Waals surface area contributed by atoms with Crippen LogP contribution in [0.5, 0.6) is 0 Å². The molecule has 1 heterocycles. The fraction of sp³-hybridized carbons (Fsp3) is 0.385. The van der Waals surface area contributed by atoms with Crippen LogP contribution in [-0.2, 0) is 22.6 Å². The highest BCUT2D eigenvalue weighted by molar-refractivity contribution is 5.86. The standard InChI is InChI=1S/C26H32FN3O2/c1-4-14-30(26(32)19(2)3)18-25(31)29(17-20-9-11-22(27)12-10-20)15-13-21-16-28-24-8-6-5-7-23(21)24/h5-12,16,19,28H,4,13-15,17-18H2,1-3H3. The van der Waals surface area contributed by atoms with E-state index in [-0.39, 0.29) is 30.1 Å². The average Bonchev–Trinajstić information content (AvgIpc) is 3.20. The molecule has 0 bridgehead atoms. The van der Waals surface area contributed by atoms with Gasteiger partial charge in [0.05, 0.1) is 6.54 Å². The van der Waals surface area contributed by atoms with Gasteiger partial charge in [-0.3, -0.25) is 9.59 Å². The number of nitrogens with one attached hydrogen (secondary N) is 1. The van der Waals surface area contributed by atoms with Crippen LogP contribution >= 0.6 is 0 Å². The summed E-state index contributed by atoms with van der Waals surface area (Å²) in [5.41, 5.74) is 3.06. The maximum atomic E-state index is 13.4. The summed E-state index contributed by atoms with van der Waals surface area (Å²) in [6.45, 7) is 7.19. The first-order chi connectivity index (χ1) is 15.4. The summed E-state index contributed by atoms with van der Waals surface area (Å²) in [6, 6.07) is 14.3. The number of H-pyrrole nitrogens is 1. The van der Waals surface area contributed by atoms with Crippen LogP contribution in [0.3, 0.4) is 0 Å². The summed E-state index contributed by atoms with van der Waals surface area (Å²) >= 11 is 0. The van der Waals surface area contributed by atoms with Crippen molar-refractivity contribution >= 4 is 22.7 Å². The SMILES string of the molecule is CCCN(CC(=O)N(CCc1c[nH]c2ccccc12)Cc1ccc(F)cc1)C(=O)C(C)C. The second-order valence-corrected chi connectivity index (χ2v) is 8.47. The molecule has 0 aliphatic rings. The highest BCUT2D eigenvalue weighted by Crippen LogP contribution is 2.19. The molecule has 1 N–H and O–H groups in total. The molecule has 0 unspecified atom stereocenters. The van der Waals surface area contributed by atoms with E-state index in [0.29, 0.717) is 26.1 Å². The number of hydrogen-bond acceptors (Lipinski definition) is 2. The molecule has 0 atom stereocenters. The topological polar surface area (TPSA) is 56.4 Å². The van der Waals surface area contributed by atoms with E-state index in [9.17, 15) is 14.0 Å². The van der Waals surface area contributed by atoms with E-state index >= 15 is 0 Å². The maximum absolute atomic E-state index is 13.4. The van der Waals surface area contributed by atoms with Gasteiger partial charge in [-0.2, -0.15) is 0 Å². The smallest absolute Gasteiger partial charge is 0.242 e. The number of hydrogen-bond donors (Lipinski definition) is 1. The Labute approximate surface area is 189 Å². The summed E-state index contributed by atoms with van der Waals surface area (Å²) in [7, 11) is 0. The quantitative estimate of drug-likeness (QED) is 0.497. The monoisotopic (exact) mass is 437 g/mol. The van der Waals surface area contributed by atoms with Gasteiger partial charge in [-0.05, 0) is 42.2 Å². The van der Waals surface area contributed by atoms with Crippen LogP contribution in [0.2, 0.25) is 0 Å². The lowest BCUT2D eigenvalue weighted by Crippen LogP contribution is -2.44. The van der Waals surface area contributed by atoms with Gasteiger partial charge in [0.1, 0.15) is 5.82 Å². The Hall–Kier alpha value is -3.15. The second kappa shape index (κ2) is 10.9. The molecule has 0 aliphatic carbocycles. The summed E-state index contributed by atoms with van der Waals surface area (Å²) in [5, 5.41) is 1.14. The van der Waals surface area contributed by atoms with Crippen molar-refractivity contribution < 1.29 is 14.0 Å². The lowest BCUT2D eigenvalue weighted by molar-refractivity contribution is -0.142. The maximum Gasteiger partial charge on any atom is 0.242 e. The second-order valence-electron chi connectivity index (χ2n) is 8.47. The lowest BCUT2D eigenvalue weighted by Gasteiger charge is -2.28. The molecule has 0 spiro atoms. The van der Waals surface area contributed by atoms with Crippen molar-refractivity contribution in [3.8, 4) is 0 Å². The summed E-state index contributed by atoms with van der Waals surface area (Å²) < 4.78 is 13.4. The molecular formula is C26H32FN3O2. The fourth-order valence-electron chi connectivity index (χ4n) is 3.86. The van der Waals surface area contributed by atoms with Crippen LogP contribution in [0.1, 0.15) is 38.3 Å². The molecule has 0 saturated carbocycles. The van der Waals surface area contributed by atoms with Gasteiger partial charge < -0.3 is 14.8 Å². The molecule has 6 heteroatoms. The molecule has 170 valence electrons. The van der Waals surface area contributed by atoms with E-state index in [0.717, 1.165) is 28.5 Å². The molecule has 3 rings (SSSR count). The Bertz CT molecular complexity index is 1040. The van der Waals surface area contributed by atoms with E-state index in [1.165, 1.54) is 12.1 Å². The van der Waals surface area contributed by atoms with Gasteiger partial charge in [-0.1, -0.05) is 51.1 Å². The molecule has 0 radical (unpaired) electrons. The molecule has 0 saturated heterocycles. The molecular weight excluding hydrogens is 405 g/mol. The molecule has 0 aliphatic heterocycles. The van der Waals surface area contributed by atoms with Gasteiger partial charge in [-0.25, -0.2) is 4.39 Å². The van der Waals surface area contributed by atoms with Crippen LogP contribution in [-0.4, -0.2) is 46.2 Å². The molecule has 2 amide bonds. The first kappa shape index (κ1) is 23.5. The number of aromatic amines is 1. The van der Waals surface area contributed by atoms with Crippen molar-refractivity contribution in [2.24, 2.45) is 5.92 Å². The third-order valence-corrected chi connectivity index (χ3v) is 5.59. The average molecular weight is 438 g/mol. The first-order valence-electron chi connectivity index (χ1n) is 11.2. The highest BCUT2D eigenvalue weighted by Gasteiger charge is 2.23. The molecule has 3 aromatic rings. The Morgan fingerprint density at radius 2 is 1.72 bits per heavy atom. The van der Waals surface area contributed by atoms with Gasteiger partial charge in [-0.15, -0.1) is 0 Å². The van der Waals surface area contributed by atoms with Gasteiger partial charge in [0.25, 0.3) is 0 Å². The minimum Gasteiger partial charge on any atom is -0.361 e. The van der Waals surface area contributed by atoms with E-state index in [1.54, 1.807) is 21.9 Å². The zero-order valence-electron chi connectivity index (χ0n) is 19.1. The van der Waals surface area contributed by atoms with Gasteiger partial charge >= 0.3 is 0 Å². The van der Waals surface area contributed by atoms with E-state index in [4.69, 9.17) is 0 Å². The third-order valence-electron chi connectivity index (χ3n) is 5.59. The van der Waals surface area contributed by atoms with Gasteiger partial charge in [0, 0.05) is 42.7 Å². The number of rotatable bonds is 10. The zero-order valence-corrected chi connectivity index (χ0v) is 19.1. The van der Waals surface area contributed by atoms with Crippen molar-refractivity contribution in [3.05, 3.63) is 71.7 Å². The predicted molar refractivity (Wildman–Crippen MR) is 126 cm³/mol. The Morgan fingerprint density at radius 3 is 2.41 bits per heavy atom. The van der Waals surface area contributed by atoms with E-state index < -0.39 is 0 Å². The largest absolute Gasteiger partial charge is 0.361 e. The van der Waals surface area contributed by atoms with Gasteiger partial charge in [0.2, 0.25) is 11.8 Å². The van der Waals surface area contributed by atoms with Crippen molar-refractivity contribution in [1.29, 1.82) is 0 Å². The minimum absolute atomic E-state index is 0.0152. The minimum atomic E-state index is -0.304. The fourth-order valence-corrected chi connectivity index (χ4v) is 3.86. The van der Waals surface area contributed by atoms with Crippen molar-refractivity contribution in [3.63, 3.8) is 0 Å². The van der Waals surface area contributed by atoms with Crippen LogP contribution in [0.25, 0.3) is 10.9 Å². The number of amides is 2. The van der Waals surface area contributed by atoms with Crippen LogP contribution in [0.4, 0.5) is 4.39 Å². The number of para-hydroxylation sites is 1. The number of halogens is 1. The number of nitrogens with zero attached hydrogens (tertiary/aromatic N) is 2. The first-order valence-corrected chi connectivity index (χ1v) is 11.2. The molecule has 32 heavy (non-hydrogen) atoms. The van der Waals surface area contributed by atoms with Crippen molar-refractivity contribution in [1.82, 2.24) is 14.8 Å². The van der Waals surface area contributed by atoms with E-state index in [2.05, 4.69) is 11.1 Å². The molecule has 5 nitrogen and oxygen atoms in total.